The van der Waals surface area contributed by atoms with Crippen LogP contribution in [0.15, 0.2) is 12.5 Å². The second-order valence-electron chi connectivity index (χ2n) is 13.0. The molecule has 0 amide bonds. The van der Waals surface area contributed by atoms with Crippen molar-refractivity contribution in [1.82, 2.24) is 5.32 Å². The predicted molar refractivity (Wildman–Crippen MR) is 172 cm³/mol. The summed E-state index contributed by atoms with van der Waals surface area (Å²) < 4.78 is 0. The van der Waals surface area contributed by atoms with Gasteiger partial charge >= 0.3 is 5.97 Å². The van der Waals surface area contributed by atoms with Crippen LogP contribution in [-0.4, -0.2) is 45.3 Å². The average Bonchev–Trinajstić information content (AvgIpc) is 3.50. The molecule has 0 spiro atoms. The Morgan fingerprint density at radius 1 is 0.667 bits per heavy atom. The van der Waals surface area contributed by atoms with Gasteiger partial charge in [0.1, 0.15) is 6.26 Å². The molecule has 0 saturated heterocycles. The molecule has 3 unspecified atom stereocenters. The van der Waals surface area contributed by atoms with Crippen LogP contribution < -0.4 is 5.32 Å². The van der Waals surface area contributed by atoms with Gasteiger partial charge in [0.2, 0.25) is 0 Å². The molecule has 0 aromatic heterocycles. The van der Waals surface area contributed by atoms with Crippen LogP contribution in [0.5, 0.6) is 0 Å². The summed E-state index contributed by atoms with van der Waals surface area (Å²) in [5, 5.41) is 41.3. The Bertz CT molecular complexity index is 625. The lowest BCUT2D eigenvalue weighted by Crippen LogP contribution is -2.13. The fourth-order valence-corrected chi connectivity index (χ4v) is 6.49. The summed E-state index contributed by atoms with van der Waals surface area (Å²) in [6.07, 6.45) is 32.2. The molecule has 1 aliphatic rings. The van der Waals surface area contributed by atoms with E-state index in [0.717, 1.165) is 109 Å². The molecule has 0 aromatic rings. The molecule has 1 rings (SSSR count). The molecule has 42 heavy (non-hydrogen) atoms. The maximum atomic E-state index is 11.7. The summed E-state index contributed by atoms with van der Waals surface area (Å²) >= 11 is 0. The molecule has 7 nitrogen and oxygen atoms in total. The van der Waals surface area contributed by atoms with Crippen molar-refractivity contribution in [3.8, 4) is 0 Å². The Morgan fingerprint density at radius 3 is 1.62 bits per heavy atom. The number of aliphatic carboxylic acids is 1. The molecule has 3 atom stereocenters. The molecule has 1 saturated carbocycles. The van der Waals surface area contributed by atoms with E-state index in [2.05, 4.69) is 10.2 Å². The largest absolute Gasteiger partial charge is 0.481 e. The number of hydrogen-bond donors (Lipinski definition) is 5. The molecule has 0 aliphatic heterocycles. The monoisotopic (exact) mass is 597 g/mol. The number of hydrogen-bond acceptors (Lipinski definition) is 6. The Labute approximate surface area is 257 Å². The van der Waals surface area contributed by atoms with E-state index < -0.39 is 5.97 Å². The van der Waals surface area contributed by atoms with Gasteiger partial charge in [0.15, 0.2) is 0 Å². The van der Waals surface area contributed by atoms with Gasteiger partial charge in [-0.3, -0.25) is 4.79 Å². The van der Waals surface area contributed by atoms with E-state index in [4.69, 9.17) is 5.26 Å². The summed E-state index contributed by atoms with van der Waals surface area (Å²) in [6.45, 7) is 0.882. The first-order valence-corrected chi connectivity index (χ1v) is 17.8. The number of rotatable bonds is 31. The lowest BCUT2D eigenvalue weighted by atomic mass is 9.94. The Hall–Kier alpha value is -1.31. The highest BCUT2D eigenvalue weighted by atomic mass is 17.1. The molecular formula is C35H67NO6. The second-order valence-corrected chi connectivity index (χ2v) is 13.0. The van der Waals surface area contributed by atoms with Crippen molar-refractivity contribution in [3.05, 3.63) is 12.5 Å². The van der Waals surface area contributed by atoms with Crippen molar-refractivity contribution in [2.45, 2.75) is 186 Å². The fourth-order valence-electron chi connectivity index (χ4n) is 6.49. The zero-order valence-corrected chi connectivity index (χ0v) is 26.9. The average molecular weight is 598 g/mol. The normalized spacial score (nSPS) is 16.2. The lowest BCUT2D eigenvalue weighted by Gasteiger charge is -2.15. The van der Waals surface area contributed by atoms with E-state index in [1.165, 1.54) is 76.9 Å². The molecule has 0 radical (unpaired) electrons. The number of unbranched alkanes of at least 4 members (excludes halogenated alkanes) is 13. The number of nitrogens with one attached hydrogen (secondary N) is 1. The minimum Gasteiger partial charge on any atom is -0.481 e. The van der Waals surface area contributed by atoms with Crippen LogP contribution in [0.1, 0.15) is 173 Å². The topological polar surface area (TPSA) is 119 Å². The molecule has 0 aromatic carbocycles. The van der Waals surface area contributed by atoms with E-state index in [1.807, 2.05) is 0 Å². The third-order valence-corrected chi connectivity index (χ3v) is 9.27. The first-order valence-electron chi connectivity index (χ1n) is 17.8. The smallest absolute Gasteiger partial charge is 0.306 e. The van der Waals surface area contributed by atoms with Crippen molar-refractivity contribution in [1.29, 1.82) is 0 Å². The number of carboxylic acid groups (broad SMARTS) is 1. The Balaban J connectivity index is 1.88. The highest BCUT2D eigenvalue weighted by Gasteiger charge is 2.17. The maximum Gasteiger partial charge on any atom is 0.306 e. The third kappa shape index (κ3) is 24.2. The summed E-state index contributed by atoms with van der Waals surface area (Å²) in [4.78, 5) is 15.5. The molecule has 0 heterocycles. The van der Waals surface area contributed by atoms with E-state index in [0.29, 0.717) is 6.42 Å². The van der Waals surface area contributed by atoms with E-state index in [1.54, 1.807) is 6.20 Å². The molecule has 1 aliphatic carbocycles. The zero-order valence-electron chi connectivity index (χ0n) is 26.9. The van der Waals surface area contributed by atoms with Crippen LogP contribution in [0.4, 0.5) is 0 Å². The van der Waals surface area contributed by atoms with Crippen LogP contribution in [0.25, 0.3) is 0 Å². The van der Waals surface area contributed by atoms with Gasteiger partial charge in [0.05, 0.1) is 18.1 Å². The van der Waals surface area contributed by atoms with Gasteiger partial charge in [-0.05, 0) is 50.9 Å². The van der Waals surface area contributed by atoms with Gasteiger partial charge in [-0.1, -0.05) is 128 Å². The minimum absolute atomic E-state index is 0.194. The number of aliphatic hydroxyl groups is 2. The van der Waals surface area contributed by atoms with Crippen LogP contribution in [0, 0.1) is 11.8 Å². The van der Waals surface area contributed by atoms with E-state index >= 15 is 0 Å². The van der Waals surface area contributed by atoms with E-state index in [9.17, 15) is 20.1 Å². The van der Waals surface area contributed by atoms with Crippen molar-refractivity contribution >= 4 is 5.97 Å². The van der Waals surface area contributed by atoms with Gasteiger partial charge < -0.3 is 25.5 Å². The maximum absolute atomic E-state index is 11.7. The van der Waals surface area contributed by atoms with Gasteiger partial charge in [0, 0.05) is 12.7 Å². The quantitative estimate of drug-likeness (QED) is 0.0234. The number of carboxylic acids is 1. The molecule has 1 fully saturated rings. The lowest BCUT2D eigenvalue weighted by molar-refractivity contribution is -0.187. The Kier molecular flexibility index (Phi) is 26.2. The molecule has 0 bridgehead atoms. The fraction of sp³-hybridized carbons (Fsp3) is 0.914. The predicted octanol–water partition coefficient (Wildman–Crippen LogP) is 9.12. The standard InChI is InChI=1S/C35H67NO6/c37-33(26-27-34(38)25-17-16-21-31-19-14-15-20-31)24-13-9-5-4-8-12-23-32(35(39)40)22-11-7-3-1-2-6-10-18-28-36-29-30-42-41/h29-34,36-38,41H,1-28H2,(H,39,40)/b30-29+. The Morgan fingerprint density at radius 2 is 1.12 bits per heavy atom. The van der Waals surface area contributed by atoms with Crippen molar-refractivity contribution in [2.24, 2.45) is 11.8 Å². The third-order valence-electron chi connectivity index (χ3n) is 9.27. The van der Waals surface area contributed by atoms with Crippen LogP contribution in [-0.2, 0) is 9.68 Å². The van der Waals surface area contributed by atoms with Gasteiger partial charge in [-0.15, -0.1) is 0 Å². The van der Waals surface area contributed by atoms with Crippen molar-refractivity contribution in [3.63, 3.8) is 0 Å². The van der Waals surface area contributed by atoms with Gasteiger partial charge in [0.25, 0.3) is 0 Å². The number of carbonyl (C=O) groups is 1. The van der Waals surface area contributed by atoms with Crippen molar-refractivity contribution in [2.75, 3.05) is 6.54 Å². The molecule has 5 N–H and O–H groups in total. The van der Waals surface area contributed by atoms with Crippen LogP contribution in [0.3, 0.4) is 0 Å². The summed E-state index contributed by atoms with van der Waals surface area (Å²) in [5.74, 6) is 0.114. The molecular weight excluding hydrogens is 530 g/mol. The van der Waals surface area contributed by atoms with Crippen molar-refractivity contribution < 1.29 is 30.3 Å². The first kappa shape index (κ1) is 38.7. The summed E-state index contributed by atoms with van der Waals surface area (Å²) in [6, 6.07) is 0. The summed E-state index contributed by atoms with van der Waals surface area (Å²) in [7, 11) is 0. The van der Waals surface area contributed by atoms with Gasteiger partial charge in [-0.25, -0.2) is 5.26 Å². The SMILES string of the molecule is O=C(O)C(CCCCCCCCCCN/C=C/OO)CCCCCCCCC(O)CCC(O)CCCCC1CCCC1. The zero-order chi connectivity index (χ0) is 30.5. The molecule has 248 valence electrons. The second kappa shape index (κ2) is 28.5. The first-order chi connectivity index (χ1) is 20.5. The van der Waals surface area contributed by atoms with Crippen LogP contribution in [0.2, 0.25) is 0 Å². The van der Waals surface area contributed by atoms with Gasteiger partial charge in [-0.2, -0.15) is 0 Å². The van der Waals surface area contributed by atoms with E-state index in [-0.39, 0.29) is 18.1 Å². The number of aliphatic hydroxyl groups excluding tert-OH is 2. The van der Waals surface area contributed by atoms with Crippen LogP contribution >= 0.6 is 0 Å². The summed E-state index contributed by atoms with van der Waals surface area (Å²) in [5.41, 5.74) is 0. The highest BCUT2D eigenvalue weighted by Crippen LogP contribution is 2.29. The highest BCUT2D eigenvalue weighted by molar-refractivity contribution is 5.69. The molecule has 7 heteroatoms. The minimum atomic E-state index is -0.632.